The minimum Gasteiger partial charge on any atom is -0.310 e. The molecule has 0 radical (unpaired) electrons. The first-order chi connectivity index (χ1) is 8.83. The Morgan fingerprint density at radius 3 is 2.42 bits per heavy atom. The van der Waals surface area contributed by atoms with E-state index in [2.05, 4.69) is 5.32 Å². The lowest BCUT2D eigenvalue weighted by Gasteiger charge is -2.19. The highest BCUT2D eigenvalue weighted by atomic mass is 35.5. The summed E-state index contributed by atoms with van der Waals surface area (Å²) in [5.41, 5.74) is 0.860. The van der Waals surface area contributed by atoms with E-state index in [0.29, 0.717) is 23.0 Å². The lowest BCUT2D eigenvalue weighted by molar-refractivity contribution is -0.135. The van der Waals surface area contributed by atoms with E-state index in [4.69, 9.17) is 23.2 Å². The molecule has 1 aromatic carbocycles. The van der Waals surface area contributed by atoms with Crippen LogP contribution in [-0.4, -0.2) is 12.7 Å². The second kappa shape index (κ2) is 7.36. The first kappa shape index (κ1) is 16.6. The monoisotopic (exact) mass is 313 g/mol. The molecule has 0 saturated carbocycles. The number of hydrogen-bond donors (Lipinski definition) is 1. The first-order valence-corrected chi connectivity index (χ1v) is 6.84. The third kappa shape index (κ3) is 6.02. The van der Waals surface area contributed by atoms with Crippen molar-refractivity contribution in [3.05, 3.63) is 33.8 Å². The van der Waals surface area contributed by atoms with Crippen molar-refractivity contribution in [3.8, 4) is 0 Å². The highest BCUT2D eigenvalue weighted by Gasteiger charge is 2.26. The summed E-state index contributed by atoms with van der Waals surface area (Å²) in [4.78, 5) is 0. The minimum absolute atomic E-state index is 0.0847. The van der Waals surface area contributed by atoms with Gasteiger partial charge in [0.1, 0.15) is 0 Å². The number of benzene rings is 1. The van der Waals surface area contributed by atoms with Crippen LogP contribution in [0.5, 0.6) is 0 Å². The van der Waals surface area contributed by atoms with Gasteiger partial charge in [0.2, 0.25) is 0 Å². The van der Waals surface area contributed by atoms with Gasteiger partial charge < -0.3 is 5.32 Å². The molecular formula is C13H16Cl2F3N. The molecule has 1 rings (SSSR count). The molecule has 1 N–H and O–H groups in total. The normalized spacial score (nSPS) is 13.6. The van der Waals surface area contributed by atoms with E-state index in [1.807, 2.05) is 6.92 Å². The van der Waals surface area contributed by atoms with Gasteiger partial charge in [-0.15, -0.1) is 0 Å². The summed E-state index contributed by atoms with van der Waals surface area (Å²) in [5.74, 6) is 0. The highest BCUT2D eigenvalue weighted by molar-refractivity contribution is 6.42. The molecule has 0 aliphatic rings. The predicted molar refractivity (Wildman–Crippen MR) is 72.8 cm³/mol. The topological polar surface area (TPSA) is 12.0 Å². The molecule has 1 atom stereocenters. The van der Waals surface area contributed by atoms with E-state index >= 15 is 0 Å². The molecule has 1 unspecified atom stereocenters. The molecule has 1 nitrogen and oxygen atoms in total. The maximum atomic E-state index is 12.2. The Labute approximate surface area is 121 Å². The summed E-state index contributed by atoms with van der Waals surface area (Å²) in [5, 5.41) is 4.02. The number of halogens is 5. The third-order valence-corrected chi connectivity index (χ3v) is 3.49. The Bertz CT molecular complexity index is 407. The van der Waals surface area contributed by atoms with Gasteiger partial charge in [-0.3, -0.25) is 0 Å². The standard InChI is InChI=1S/C13H16Cl2F3N/c1-2-19-12(4-3-7-13(16,17)18)9-5-6-10(14)11(15)8-9/h5-6,8,12,19H,2-4,7H2,1H3. The second-order valence-corrected chi connectivity index (χ2v) is 5.11. The lowest BCUT2D eigenvalue weighted by Crippen LogP contribution is -2.21. The largest absolute Gasteiger partial charge is 0.389 e. The molecule has 0 saturated heterocycles. The number of hydrogen-bond acceptors (Lipinski definition) is 1. The van der Waals surface area contributed by atoms with Crippen LogP contribution in [0.15, 0.2) is 18.2 Å². The Morgan fingerprint density at radius 1 is 1.21 bits per heavy atom. The second-order valence-electron chi connectivity index (χ2n) is 4.29. The molecule has 108 valence electrons. The average Bonchev–Trinajstić information content (AvgIpc) is 2.30. The lowest BCUT2D eigenvalue weighted by atomic mass is 10.0. The summed E-state index contributed by atoms with van der Waals surface area (Å²) in [6.45, 7) is 2.59. The smallest absolute Gasteiger partial charge is 0.310 e. The molecule has 0 aromatic heterocycles. The maximum absolute atomic E-state index is 12.2. The van der Waals surface area contributed by atoms with Crippen molar-refractivity contribution in [2.75, 3.05) is 6.54 Å². The SMILES string of the molecule is CCNC(CCCC(F)(F)F)c1ccc(Cl)c(Cl)c1. The molecule has 0 aliphatic carbocycles. The van der Waals surface area contributed by atoms with Crippen LogP contribution in [0.2, 0.25) is 10.0 Å². The number of alkyl halides is 3. The highest BCUT2D eigenvalue weighted by Crippen LogP contribution is 2.29. The zero-order valence-electron chi connectivity index (χ0n) is 10.5. The van der Waals surface area contributed by atoms with Gasteiger partial charge in [-0.1, -0.05) is 36.2 Å². The Kier molecular flexibility index (Phi) is 6.43. The molecular weight excluding hydrogens is 298 g/mol. The van der Waals surface area contributed by atoms with E-state index in [1.54, 1.807) is 18.2 Å². The fourth-order valence-corrected chi connectivity index (χ4v) is 2.18. The van der Waals surface area contributed by atoms with Crippen LogP contribution in [-0.2, 0) is 0 Å². The summed E-state index contributed by atoms with van der Waals surface area (Å²) in [6.07, 6.45) is -4.38. The fraction of sp³-hybridized carbons (Fsp3) is 0.538. The van der Waals surface area contributed by atoms with Crippen LogP contribution in [0.25, 0.3) is 0 Å². The zero-order valence-corrected chi connectivity index (χ0v) is 12.0. The van der Waals surface area contributed by atoms with Crippen molar-refractivity contribution in [1.82, 2.24) is 5.32 Å². The summed E-state index contributed by atoms with van der Waals surface area (Å²) >= 11 is 11.8. The number of rotatable bonds is 6. The van der Waals surface area contributed by atoms with Crippen molar-refractivity contribution < 1.29 is 13.2 Å². The maximum Gasteiger partial charge on any atom is 0.389 e. The van der Waals surface area contributed by atoms with Crippen molar-refractivity contribution in [2.24, 2.45) is 0 Å². The van der Waals surface area contributed by atoms with Gasteiger partial charge in [-0.25, -0.2) is 0 Å². The predicted octanol–water partition coefficient (Wildman–Crippen LogP) is 5.38. The van der Waals surface area contributed by atoms with Crippen molar-refractivity contribution in [3.63, 3.8) is 0 Å². The Morgan fingerprint density at radius 2 is 1.89 bits per heavy atom. The Hall–Kier alpha value is -0.450. The van der Waals surface area contributed by atoms with Gasteiger partial charge >= 0.3 is 6.18 Å². The van der Waals surface area contributed by atoms with Gasteiger partial charge in [-0.05, 0) is 37.1 Å². The van der Waals surface area contributed by atoms with Crippen molar-refractivity contribution >= 4 is 23.2 Å². The molecule has 0 aliphatic heterocycles. The Balaban J connectivity index is 2.68. The molecule has 1 aromatic rings. The van der Waals surface area contributed by atoms with Gasteiger partial charge in [-0.2, -0.15) is 13.2 Å². The van der Waals surface area contributed by atoms with Gasteiger partial charge in [0.15, 0.2) is 0 Å². The van der Waals surface area contributed by atoms with E-state index in [0.717, 1.165) is 5.56 Å². The van der Waals surface area contributed by atoms with E-state index in [1.165, 1.54) is 0 Å². The van der Waals surface area contributed by atoms with Crippen LogP contribution in [0.1, 0.15) is 37.8 Å². The van der Waals surface area contributed by atoms with Crippen LogP contribution in [0.3, 0.4) is 0 Å². The van der Waals surface area contributed by atoms with E-state index < -0.39 is 12.6 Å². The molecule has 19 heavy (non-hydrogen) atoms. The van der Waals surface area contributed by atoms with E-state index in [9.17, 15) is 13.2 Å². The van der Waals surface area contributed by atoms with Gasteiger partial charge in [0, 0.05) is 12.5 Å². The average molecular weight is 314 g/mol. The number of nitrogens with one attached hydrogen (secondary N) is 1. The molecule has 0 amide bonds. The molecule has 0 spiro atoms. The van der Waals surface area contributed by atoms with Crippen LogP contribution >= 0.6 is 23.2 Å². The quantitative estimate of drug-likeness (QED) is 0.743. The van der Waals surface area contributed by atoms with Crippen molar-refractivity contribution in [1.29, 1.82) is 0 Å². The van der Waals surface area contributed by atoms with Crippen LogP contribution in [0.4, 0.5) is 13.2 Å². The summed E-state index contributed by atoms with van der Waals surface area (Å²) in [6, 6.07) is 5.01. The molecule has 0 fully saturated rings. The van der Waals surface area contributed by atoms with Crippen LogP contribution in [0, 0.1) is 0 Å². The molecule has 6 heteroatoms. The minimum atomic E-state index is -4.10. The zero-order chi connectivity index (χ0) is 14.5. The molecule has 0 bridgehead atoms. The van der Waals surface area contributed by atoms with Crippen molar-refractivity contribution in [2.45, 2.75) is 38.4 Å². The van der Waals surface area contributed by atoms with E-state index in [-0.39, 0.29) is 12.5 Å². The summed E-state index contributed by atoms with van der Waals surface area (Å²) in [7, 11) is 0. The summed E-state index contributed by atoms with van der Waals surface area (Å²) < 4.78 is 36.5. The van der Waals surface area contributed by atoms with Crippen LogP contribution < -0.4 is 5.32 Å². The third-order valence-electron chi connectivity index (χ3n) is 2.75. The molecule has 0 heterocycles. The fourth-order valence-electron chi connectivity index (χ4n) is 1.87. The van der Waals surface area contributed by atoms with Gasteiger partial charge in [0.25, 0.3) is 0 Å². The first-order valence-electron chi connectivity index (χ1n) is 6.08. The van der Waals surface area contributed by atoms with Gasteiger partial charge in [0.05, 0.1) is 10.0 Å².